The Kier molecular flexibility index (Phi) is 10.1. The van der Waals surface area contributed by atoms with E-state index in [-0.39, 0.29) is 17.4 Å². The highest BCUT2D eigenvalue weighted by atomic mass is 32.2. The second-order valence-electron chi connectivity index (χ2n) is 8.77. The van der Waals surface area contributed by atoms with E-state index >= 15 is 0 Å². The molecule has 0 saturated heterocycles. The average Bonchev–Trinajstić information content (AvgIpc) is 3.26. The molecule has 190 valence electrons. The summed E-state index contributed by atoms with van der Waals surface area (Å²) >= 11 is 3.23. The fourth-order valence-electron chi connectivity index (χ4n) is 3.87. The fraction of sp³-hybridized carbons (Fsp3) is 0.462. The van der Waals surface area contributed by atoms with Crippen LogP contribution in [0.5, 0.6) is 0 Å². The van der Waals surface area contributed by atoms with Gasteiger partial charge in [0.15, 0.2) is 4.34 Å². The number of carbonyl (C=O) groups is 1. The molecule has 1 aromatic heterocycles. The molecular weight excluding hydrogens is 500 g/mol. The third-order valence-corrected chi connectivity index (χ3v) is 9.81. The van der Waals surface area contributed by atoms with Crippen molar-refractivity contribution in [2.24, 2.45) is 5.92 Å². The van der Waals surface area contributed by atoms with E-state index in [1.54, 1.807) is 30.0 Å². The standard InChI is InChI=1S/C26H34N2O4S3/c1-5-6-7-11-16-33-26-27-22-15-14-21(17-23(22)34-26)35(30,31)28(18-20-12-9-8-10-13-20)24(19(2)3)25(29)32-4/h8-10,12-15,17,19,24H,5-7,11,16,18H2,1-4H3/t24-/m1/s1. The van der Waals surface area contributed by atoms with Gasteiger partial charge in [-0.2, -0.15) is 4.31 Å². The summed E-state index contributed by atoms with van der Waals surface area (Å²) in [5, 5.41) is 0. The van der Waals surface area contributed by atoms with E-state index in [9.17, 15) is 13.2 Å². The lowest BCUT2D eigenvalue weighted by atomic mass is 10.0. The second kappa shape index (κ2) is 12.9. The molecule has 9 heteroatoms. The van der Waals surface area contributed by atoms with Gasteiger partial charge in [-0.1, -0.05) is 82.1 Å². The molecule has 0 bridgehead atoms. The van der Waals surface area contributed by atoms with E-state index in [2.05, 4.69) is 11.9 Å². The zero-order valence-electron chi connectivity index (χ0n) is 20.8. The van der Waals surface area contributed by atoms with E-state index in [0.717, 1.165) is 32.3 Å². The first kappa shape index (κ1) is 27.6. The number of nitrogens with zero attached hydrogens (tertiary/aromatic N) is 2. The largest absolute Gasteiger partial charge is 0.468 e. The number of thioether (sulfide) groups is 1. The minimum atomic E-state index is -4.00. The first-order valence-corrected chi connectivity index (χ1v) is 15.2. The minimum absolute atomic E-state index is 0.0701. The first-order valence-electron chi connectivity index (χ1n) is 11.9. The zero-order chi connectivity index (χ0) is 25.4. The number of benzene rings is 2. The van der Waals surface area contributed by atoms with E-state index in [1.165, 1.54) is 42.0 Å². The highest BCUT2D eigenvalue weighted by molar-refractivity contribution is 8.01. The van der Waals surface area contributed by atoms with Gasteiger partial charge >= 0.3 is 5.97 Å². The second-order valence-corrected chi connectivity index (χ2v) is 13.0. The molecule has 35 heavy (non-hydrogen) atoms. The summed E-state index contributed by atoms with van der Waals surface area (Å²) in [6.07, 6.45) is 4.81. The SMILES string of the molecule is CCCCCCSc1nc2ccc(S(=O)(=O)N(Cc3ccccc3)[C@@H](C(=O)OC)C(C)C)cc2s1. The highest BCUT2D eigenvalue weighted by Gasteiger charge is 2.39. The number of esters is 1. The molecule has 0 aliphatic carbocycles. The van der Waals surface area contributed by atoms with Crippen LogP contribution in [0.3, 0.4) is 0 Å². The van der Waals surface area contributed by atoms with Crippen LogP contribution in [0.25, 0.3) is 10.2 Å². The fourth-order valence-corrected chi connectivity index (χ4v) is 7.85. The van der Waals surface area contributed by atoms with Gasteiger partial charge in [0, 0.05) is 12.3 Å². The third kappa shape index (κ3) is 7.06. The van der Waals surface area contributed by atoms with Gasteiger partial charge in [0.2, 0.25) is 10.0 Å². The summed E-state index contributed by atoms with van der Waals surface area (Å²) in [6.45, 7) is 5.92. The van der Waals surface area contributed by atoms with Gasteiger partial charge in [0.25, 0.3) is 0 Å². The number of rotatable bonds is 13. The molecule has 1 atom stereocenters. The Morgan fingerprint density at radius 1 is 1.11 bits per heavy atom. The summed E-state index contributed by atoms with van der Waals surface area (Å²) in [7, 11) is -2.72. The van der Waals surface area contributed by atoms with Crippen LogP contribution in [0.2, 0.25) is 0 Å². The molecule has 0 N–H and O–H groups in total. The number of fused-ring (bicyclic) bond motifs is 1. The highest BCUT2D eigenvalue weighted by Crippen LogP contribution is 2.33. The number of sulfonamides is 1. The number of unbranched alkanes of at least 4 members (excludes halogenated alkanes) is 3. The number of aromatic nitrogens is 1. The maximum Gasteiger partial charge on any atom is 0.324 e. The van der Waals surface area contributed by atoms with Crippen LogP contribution in [-0.4, -0.2) is 42.6 Å². The minimum Gasteiger partial charge on any atom is -0.468 e. The molecule has 0 amide bonds. The summed E-state index contributed by atoms with van der Waals surface area (Å²) in [6, 6.07) is 13.4. The van der Waals surface area contributed by atoms with Crippen molar-refractivity contribution in [3.05, 3.63) is 54.1 Å². The van der Waals surface area contributed by atoms with Gasteiger partial charge in [-0.25, -0.2) is 13.4 Å². The predicted molar refractivity (Wildman–Crippen MR) is 144 cm³/mol. The van der Waals surface area contributed by atoms with Gasteiger partial charge in [0.05, 0.1) is 22.2 Å². The molecule has 3 rings (SSSR count). The lowest BCUT2D eigenvalue weighted by Crippen LogP contribution is -2.48. The van der Waals surface area contributed by atoms with Crippen molar-refractivity contribution < 1.29 is 17.9 Å². The van der Waals surface area contributed by atoms with Crippen LogP contribution in [0.4, 0.5) is 0 Å². The molecule has 6 nitrogen and oxygen atoms in total. The van der Waals surface area contributed by atoms with E-state index in [0.29, 0.717) is 0 Å². The van der Waals surface area contributed by atoms with Crippen molar-refractivity contribution in [2.75, 3.05) is 12.9 Å². The lowest BCUT2D eigenvalue weighted by Gasteiger charge is -2.31. The summed E-state index contributed by atoms with van der Waals surface area (Å²) in [5.74, 6) is 0.161. The van der Waals surface area contributed by atoms with Gasteiger partial charge in [-0.15, -0.1) is 11.3 Å². The number of hydrogen-bond acceptors (Lipinski definition) is 7. The molecule has 2 aromatic carbocycles. The van der Waals surface area contributed by atoms with Gasteiger partial charge < -0.3 is 4.74 Å². The van der Waals surface area contributed by atoms with Crippen molar-refractivity contribution >= 4 is 49.3 Å². The van der Waals surface area contributed by atoms with Crippen LogP contribution in [0, 0.1) is 5.92 Å². The van der Waals surface area contributed by atoms with Crippen LogP contribution in [0.15, 0.2) is 57.8 Å². The van der Waals surface area contributed by atoms with Crippen LogP contribution >= 0.6 is 23.1 Å². The van der Waals surface area contributed by atoms with E-state index in [4.69, 9.17) is 4.74 Å². The Labute approximate surface area is 217 Å². The molecule has 0 fully saturated rings. The molecule has 3 aromatic rings. The quantitative estimate of drug-likeness (QED) is 0.144. The number of ether oxygens (including phenoxy) is 1. The molecule has 0 radical (unpaired) electrons. The molecule has 0 spiro atoms. The van der Waals surface area contributed by atoms with Crippen molar-refractivity contribution in [2.45, 2.75) is 68.3 Å². The van der Waals surface area contributed by atoms with Crippen LogP contribution in [-0.2, 0) is 26.1 Å². The van der Waals surface area contributed by atoms with Crippen molar-refractivity contribution in [3.63, 3.8) is 0 Å². The van der Waals surface area contributed by atoms with Crippen LogP contribution < -0.4 is 0 Å². The number of hydrogen-bond donors (Lipinski definition) is 0. The molecular formula is C26H34N2O4S3. The maximum atomic E-state index is 13.9. The average molecular weight is 535 g/mol. The third-order valence-electron chi connectivity index (χ3n) is 5.74. The molecule has 0 aliphatic heterocycles. The molecule has 0 aliphatic rings. The van der Waals surface area contributed by atoms with E-state index < -0.39 is 22.0 Å². The first-order chi connectivity index (χ1) is 16.8. The van der Waals surface area contributed by atoms with Gasteiger partial charge in [-0.05, 0) is 36.1 Å². The summed E-state index contributed by atoms with van der Waals surface area (Å²) < 4.78 is 35.9. The Morgan fingerprint density at radius 2 is 1.86 bits per heavy atom. The monoisotopic (exact) mass is 534 g/mol. The predicted octanol–water partition coefficient (Wildman–Crippen LogP) is 6.36. The van der Waals surface area contributed by atoms with Crippen molar-refractivity contribution in [1.82, 2.24) is 9.29 Å². The topological polar surface area (TPSA) is 76.6 Å². The number of methoxy groups -OCH3 is 1. The number of carbonyl (C=O) groups excluding carboxylic acids is 1. The number of thiazole rings is 1. The Bertz CT molecular complexity index is 1210. The lowest BCUT2D eigenvalue weighted by molar-refractivity contribution is -0.146. The molecule has 0 unspecified atom stereocenters. The smallest absolute Gasteiger partial charge is 0.324 e. The Morgan fingerprint density at radius 3 is 2.51 bits per heavy atom. The Balaban J connectivity index is 1.93. The normalized spacial score (nSPS) is 13.0. The molecule has 1 heterocycles. The van der Waals surface area contributed by atoms with Crippen LogP contribution in [0.1, 0.15) is 52.0 Å². The summed E-state index contributed by atoms with van der Waals surface area (Å²) in [4.78, 5) is 17.5. The zero-order valence-corrected chi connectivity index (χ0v) is 23.2. The van der Waals surface area contributed by atoms with Crippen molar-refractivity contribution in [1.29, 1.82) is 0 Å². The maximum absolute atomic E-state index is 13.9. The van der Waals surface area contributed by atoms with Gasteiger partial charge in [-0.3, -0.25) is 4.79 Å². The van der Waals surface area contributed by atoms with E-state index in [1.807, 2.05) is 44.2 Å². The van der Waals surface area contributed by atoms with Crippen molar-refractivity contribution in [3.8, 4) is 0 Å². The summed E-state index contributed by atoms with van der Waals surface area (Å²) in [5.41, 5.74) is 1.58. The molecule has 0 saturated carbocycles. The Hall–Kier alpha value is -1.94. The van der Waals surface area contributed by atoms with Gasteiger partial charge in [0.1, 0.15) is 6.04 Å².